The van der Waals surface area contributed by atoms with Gasteiger partial charge in [0.15, 0.2) is 0 Å². The van der Waals surface area contributed by atoms with E-state index in [1.807, 2.05) is 34.5 Å². The highest BCUT2D eigenvalue weighted by Crippen LogP contribution is 2.21. The van der Waals surface area contributed by atoms with Crippen molar-refractivity contribution >= 4 is 28.6 Å². The molecule has 1 amide bonds. The van der Waals surface area contributed by atoms with E-state index in [0.717, 1.165) is 48.9 Å². The van der Waals surface area contributed by atoms with Crippen LogP contribution in [0, 0.1) is 6.92 Å². The number of nitrogens with zero attached hydrogens (tertiary/aromatic N) is 2. The van der Waals surface area contributed by atoms with Crippen LogP contribution < -0.4 is 4.74 Å². The van der Waals surface area contributed by atoms with Gasteiger partial charge in [-0.3, -0.25) is 9.69 Å². The number of carbonyl (C=O) groups excluding carboxylic acids is 1. The van der Waals surface area contributed by atoms with Gasteiger partial charge in [0.2, 0.25) is 0 Å². The fourth-order valence-corrected chi connectivity index (χ4v) is 4.93. The van der Waals surface area contributed by atoms with Crippen LogP contribution in [-0.4, -0.2) is 41.9 Å². The summed E-state index contributed by atoms with van der Waals surface area (Å²) in [5, 5.41) is 4.14. The van der Waals surface area contributed by atoms with Crippen LogP contribution in [0.4, 0.5) is 0 Å². The molecule has 1 aliphatic heterocycles. The third-order valence-electron chi connectivity index (χ3n) is 4.88. The van der Waals surface area contributed by atoms with E-state index in [1.165, 1.54) is 21.8 Å². The summed E-state index contributed by atoms with van der Waals surface area (Å²) in [5.74, 6) is 1.00. The van der Waals surface area contributed by atoms with Gasteiger partial charge in [-0.1, -0.05) is 18.2 Å². The van der Waals surface area contributed by atoms with Crippen LogP contribution in [0.2, 0.25) is 0 Å². The zero-order valence-electron chi connectivity index (χ0n) is 16.0. The summed E-state index contributed by atoms with van der Waals surface area (Å²) in [4.78, 5) is 19.4. The maximum atomic E-state index is 12.8. The summed E-state index contributed by atoms with van der Waals surface area (Å²) in [6.45, 7) is 6.96. The highest BCUT2D eigenvalue weighted by Gasteiger charge is 2.23. The second kappa shape index (κ2) is 8.90. The van der Waals surface area contributed by atoms with Crippen LogP contribution >= 0.6 is 22.7 Å². The first-order valence-corrected chi connectivity index (χ1v) is 11.2. The van der Waals surface area contributed by atoms with E-state index in [1.54, 1.807) is 11.3 Å². The lowest BCUT2D eigenvalue weighted by molar-refractivity contribution is 0.0634. The van der Waals surface area contributed by atoms with Crippen LogP contribution in [-0.2, 0) is 13.2 Å². The Balaban J connectivity index is 1.28. The van der Waals surface area contributed by atoms with E-state index in [-0.39, 0.29) is 5.91 Å². The molecular weight excluding hydrogens is 388 g/mol. The second-order valence-electron chi connectivity index (χ2n) is 7.07. The van der Waals surface area contributed by atoms with E-state index in [4.69, 9.17) is 4.74 Å². The molecule has 28 heavy (non-hydrogen) atoms. The number of ether oxygens (including phenoxy) is 1. The minimum absolute atomic E-state index is 0.141. The van der Waals surface area contributed by atoms with Gasteiger partial charge >= 0.3 is 0 Å². The van der Waals surface area contributed by atoms with Gasteiger partial charge in [0, 0.05) is 43.2 Å². The topological polar surface area (TPSA) is 32.8 Å². The number of benzene rings is 1. The SMILES string of the molecule is Cc1cccc(OCc2csc(C(=O)N3CCN(Cc4cccs4)CC3)c2)c1. The summed E-state index contributed by atoms with van der Waals surface area (Å²) in [6, 6.07) is 14.3. The van der Waals surface area contributed by atoms with Crippen LogP contribution in [0.3, 0.4) is 0 Å². The Morgan fingerprint density at radius 1 is 1.07 bits per heavy atom. The van der Waals surface area contributed by atoms with Gasteiger partial charge in [0.25, 0.3) is 5.91 Å². The van der Waals surface area contributed by atoms with E-state index in [9.17, 15) is 4.79 Å². The molecule has 4 nitrogen and oxygen atoms in total. The Morgan fingerprint density at radius 3 is 2.68 bits per heavy atom. The van der Waals surface area contributed by atoms with Crippen LogP contribution in [0.5, 0.6) is 5.75 Å². The van der Waals surface area contributed by atoms with Crippen molar-refractivity contribution in [1.29, 1.82) is 0 Å². The number of hydrogen-bond donors (Lipinski definition) is 0. The smallest absolute Gasteiger partial charge is 0.264 e. The Bertz CT molecular complexity index is 912. The molecule has 146 valence electrons. The molecule has 0 bridgehead atoms. The zero-order chi connectivity index (χ0) is 19.3. The normalized spacial score (nSPS) is 15.0. The largest absolute Gasteiger partial charge is 0.489 e. The van der Waals surface area contributed by atoms with E-state index < -0.39 is 0 Å². The monoisotopic (exact) mass is 412 g/mol. The van der Waals surface area contributed by atoms with E-state index in [0.29, 0.717) is 6.61 Å². The van der Waals surface area contributed by atoms with Crippen molar-refractivity contribution in [3.8, 4) is 5.75 Å². The summed E-state index contributed by atoms with van der Waals surface area (Å²) in [6.07, 6.45) is 0. The number of rotatable bonds is 6. The molecule has 1 saturated heterocycles. The molecule has 1 aliphatic rings. The molecule has 0 N–H and O–H groups in total. The standard InChI is InChI=1S/C22H24N2O2S2/c1-17-4-2-5-19(12-17)26-15-18-13-21(28-16-18)22(25)24-9-7-23(8-10-24)14-20-6-3-11-27-20/h2-6,11-13,16H,7-10,14-15H2,1H3. The summed E-state index contributed by atoms with van der Waals surface area (Å²) >= 11 is 3.31. The fourth-order valence-electron chi connectivity index (χ4n) is 3.32. The quantitative estimate of drug-likeness (QED) is 0.591. The van der Waals surface area contributed by atoms with Crippen molar-refractivity contribution in [3.63, 3.8) is 0 Å². The average Bonchev–Trinajstić information content (AvgIpc) is 3.39. The van der Waals surface area contributed by atoms with Crippen LogP contribution in [0.25, 0.3) is 0 Å². The fraction of sp³-hybridized carbons (Fsp3) is 0.318. The molecule has 3 aromatic rings. The minimum Gasteiger partial charge on any atom is -0.489 e. The number of piperazine rings is 1. The Morgan fingerprint density at radius 2 is 1.93 bits per heavy atom. The summed E-state index contributed by atoms with van der Waals surface area (Å²) in [5.41, 5.74) is 2.23. The predicted molar refractivity (Wildman–Crippen MR) is 115 cm³/mol. The lowest BCUT2D eigenvalue weighted by Crippen LogP contribution is -2.48. The van der Waals surface area contributed by atoms with Crippen molar-refractivity contribution < 1.29 is 9.53 Å². The van der Waals surface area contributed by atoms with Gasteiger partial charge < -0.3 is 9.64 Å². The summed E-state index contributed by atoms with van der Waals surface area (Å²) < 4.78 is 5.85. The molecular formula is C22H24N2O2S2. The maximum Gasteiger partial charge on any atom is 0.264 e. The molecule has 0 unspecified atom stereocenters. The number of amides is 1. The average molecular weight is 413 g/mol. The maximum absolute atomic E-state index is 12.8. The van der Waals surface area contributed by atoms with Crippen molar-refractivity contribution in [2.75, 3.05) is 26.2 Å². The number of aryl methyl sites for hydroxylation is 1. The number of thiophene rings is 2. The third-order valence-corrected chi connectivity index (χ3v) is 6.71. The van der Waals surface area contributed by atoms with Crippen molar-refractivity contribution in [1.82, 2.24) is 9.80 Å². The first-order chi connectivity index (χ1) is 13.7. The van der Waals surface area contributed by atoms with Gasteiger partial charge in [-0.15, -0.1) is 22.7 Å². The Hall–Kier alpha value is -2.15. The molecule has 1 aromatic carbocycles. The van der Waals surface area contributed by atoms with E-state index in [2.05, 4.69) is 35.4 Å². The Kier molecular flexibility index (Phi) is 6.10. The second-order valence-corrected chi connectivity index (χ2v) is 9.02. The first kappa shape index (κ1) is 19.2. The molecule has 6 heteroatoms. The molecule has 2 aromatic heterocycles. The van der Waals surface area contributed by atoms with Gasteiger partial charge in [0.1, 0.15) is 12.4 Å². The van der Waals surface area contributed by atoms with Crippen LogP contribution in [0.1, 0.15) is 25.7 Å². The van der Waals surface area contributed by atoms with E-state index >= 15 is 0 Å². The van der Waals surface area contributed by atoms with Gasteiger partial charge in [-0.2, -0.15) is 0 Å². The highest BCUT2D eigenvalue weighted by molar-refractivity contribution is 7.12. The molecule has 0 atom stereocenters. The molecule has 0 saturated carbocycles. The lowest BCUT2D eigenvalue weighted by atomic mass is 10.2. The minimum atomic E-state index is 0.141. The predicted octanol–water partition coefficient (Wildman–Crippen LogP) is 4.66. The van der Waals surface area contributed by atoms with Gasteiger partial charge in [-0.25, -0.2) is 0 Å². The molecule has 0 spiro atoms. The Labute approximate surface area is 174 Å². The zero-order valence-corrected chi connectivity index (χ0v) is 17.6. The number of carbonyl (C=O) groups is 1. The van der Waals surface area contributed by atoms with Crippen molar-refractivity contribution in [3.05, 3.63) is 74.1 Å². The number of hydrogen-bond acceptors (Lipinski definition) is 5. The molecule has 4 rings (SSSR count). The van der Waals surface area contributed by atoms with Gasteiger partial charge in [-0.05, 0) is 47.5 Å². The third kappa shape index (κ3) is 4.82. The van der Waals surface area contributed by atoms with Crippen molar-refractivity contribution in [2.45, 2.75) is 20.1 Å². The van der Waals surface area contributed by atoms with Crippen molar-refractivity contribution in [2.24, 2.45) is 0 Å². The summed E-state index contributed by atoms with van der Waals surface area (Å²) in [7, 11) is 0. The molecule has 3 heterocycles. The van der Waals surface area contributed by atoms with Crippen LogP contribution in [0.15, 0.2) is 53.2 Å². The molecule has 0 aliphatic carbocycles. The molecule has 0 radical (unpaired) electrons. The molecule has 1 fully saturated rings. The van der Waals surface area contributed by atoms with Gasteiger partial charge in [0.05, 0.1) is 4.88 Å². The first-order valence-electron chi connectivity index (χ1n) is 9.48. The highest BCUT2D eigenvalue weighted by atomic mass is 32.1. The lowest BCUT2D eigenvalue weighted by Gasteiger charge is -2.34.